The summed E-state index contributed by atoms with van der Waals surface area (Å²) in [5.41, 5.74) is 0. The molecular formula is C25H43N2O12S-. The van der Waals surface area contributed by atoms with Crippen molar-refractivity contribution in [3.63, 3.8) is 0 Å². The van der Waals surface area contributed by atoms with Gasteiger partial charge in [-0.3, -0.25) is 4.79 Å². The van der Waals surface area contributed by atoms with Gasteiger partial charge in [0.15, 0.2) is 6.10 Å². The minimum atomic E-state index is -4.26. The second kappa shape index (κ2) is 21.5. The summed E-state index contributed by atoms with van der Waals surface area (Å²) in [5.74, 6) is 0.0622. The van der Waals surface area contributed by atoms with Crippen LogP contribution in [0.2, 0.25) is 0 Å². The molecule has 232 valence electrons. The van der Waals surface area contributed by atoms with E-state index in [-0.39, 0.29) is 52.7 Å². The number of nitrogens with one attached hydrogen (secondary N) is 2. The fraction of sp³-hybridized carbons (Fsp3) is 0.760. The first-order valence-corrected chi connectivity index (χ1v) is 14.8. The maximum Gasteiger partial charge on any atom is 0.407 e. The van der Waals surface area contributed by atoms with Crippen LogP contribution in [-0.4, -0.2) is 101 Å². The number of hydrogen-bond acceptors (Lipinski definition) is 13. The van der Waals surface area contributed by atoms with Crippen LogP contribution in [0.15, 0.2) is 16.5 Å². The Kier molecular flexibility index (Phi) is 19.2. The molecule has 0 saturated carbocycles. The molecule has 1 heterocycles. The molecule has 0 saturated heterocycles. The lowest BCUT2D eigenvalue weighted by Crippen LogP contribution is -2.34. The van der Waals surface area contributed by atoms with Crippen molar-refractivity contribution < 1.29 is 55.8 Å². The zero-order chi connectivity index (χ0) is 29.6. The highest BCUT2D eigenvalue weighted by Gasteiger charge is 2.16. The lowest BCUT2D eigenvalue weighted by atomic mass is 10.2. The molecule has 0 fully saturated rings. The monoisotopic (exact) mass is 595 g/mol. The van der Waals surface area contributed by atoms with Gasteiger partial charge in [0.2, 0.25) is 0 Å². The zero-order valence-electron chi connectivity index (χ0n) is 23.3. The number of carbonyl (C=O) groups is 2. The number of furan rings is 1. The van der Waals surface area contributed by atoms with Gasteiger partial charge in [-0.05, 0) is 51.4 Å². The number of aliphatic hydroxyl groups is 1. The highest BCUT2D eigenvalue weighted by atomic mass is 32.2. The molecular weight excluding hydrogens is 552 g/mol. The highest BCUT2D eigenvalue weighted by molar-refractivity contribution is 7.85. The Bertz CT molecular complexity index is 925. The van der Waals surface area contributed by atoms with Crippen LogP contribution in [0.5, 0.6) is 0 Å². The lowest BCUT2D eigenvalue weighted by Gasteiger charge is -2.18. The quantitative estimate of drug-likeness (QED) is 0.0873. The van der Waals surface area contributed by atoms with E-state index in [0.29, 0.717) is 24.5 Å². The first-order valence-electron chi connectivity index (χ1n) is 13.2. The van der Waals surface area contributed by atoms with Crippen LogP contribution in [-0.2, 0) is 51.8 Å². The number of rotatable bonds is 24. The van der Waals surface area contributed by atoms with Crippen LogP contribution >= 0.6 is 0 Å². The van der Waals surface area contributed by atoms with Crippen LogP contribution < -0.4 is 10.6 Å². The Morgan fingerprint density at radius 2 is 1.60 bits per heavy atom. The predicted molar refractivity (Wildman–Crippen MR) is 141 cm³/mol. The second-order valence-corrected chi connectivity index (χ2v) is 10.5. The van der Waals surface area contributed by atoms with Gasteiger partial charge in [-0.15, -0.1) is 0 Å². The molecule has 1 aromatic heterocycles. The van der Waals surface area contributed by atoms with E-state index in [1.165, 1.54) is 6.92 Å². The lowest BCUT2D eigenvalue weighted by molar-refractivity contribution is -0.145. The van der Waals surface area contributed by atoms with Gasteiger partial charge in [-0.1, -0.05) is 6.42 Å². The maximum atomic E-state index is 12.2. The largest absolute Gasteiger partial charge is 0.748 e. The number of ether oxygens (including phenoxy) is 5. The van der Waals surface area contributed by atoms with Crippen molar-refractivity contribution in [2.24, 2.45) is 0 Å². The summed E-state index contributed by atoms with van der Waals surface area (Å²) in [4.78, 5) is 23.0. The molecule has 0 aliphatic heterocycles. The number of aliphatic hydroxyl groups excluding tert-OH is 1. The van der Waals surface area contributed by atoms with Crippen molar-refractivity contribution in [1.29, 1.82) is 0 Å². The Labute approximate surface area is 235 Å². The Balaban J connectivity index is 2.42. The number of hydrogen-bond donors (Lipinski definition) is 3. The number of alkyl carbamates (subject to hydrolysis) is 1. The molecule has 0 aromatic carbocycles. The predicted octanol–water partition coefficient (Wildman–Crippen LogP) is 1.06. The average molecular weight is 596 g/mol. The number of carbonyl (C=O) groups excluding carboxylic acids is 2. The Hall–Kier alpha value is -2.27. The summed E-state index contributed by atoms with van der Waals surface area (Å²) in [7, 11) is -2.38. The fourth-order valence-corrected chi connectivity index (χ4v) is 3.78. The molecule has 15 heteroatoms. The summed E-state index contributed by atoms with van der Waals surface area (Å²) in [5, 5.41) is 15.5. The third-order valence-electron chi connectivity index (χ3n) is 5.18. The second-order valence-electron chi connectivity index (χ2n) is 9.02. The molecule has 3 N–H and O–H groups in total. The molecule has 0 bridgehead atoms. The van der Waals surface area contributed by atoms with E-state index >= 15 is 0 Å². The van der Waals surface area contributed by atoms with Crippen molar-refractivity contribution in [2.45, 2.75) is 64.4 Å². The fourth-order valence-electron chi connectivity index (χ4n) is 3.23. The van der Waals surface area contributed by atoms with E-state index in [4.69, 9.17) is 28.1 Å². The van der Waals surface area contributed by atoms with Gasteiger partial charge in [-0.2, -0.15) is 0 Å². The van der Waals surface area contributed by atoms with E-state index in [0.717, 1.165) is 25.8 Å². The number of esters is 1. The maximum absolute atomic E-state index is 12.2. The van der Waals surface area contributed by atoms with Crippen LogP contribution in [0.3, 0.4) is 0 Å². The first-order chi connectivity index (χ1) is 19.1. The van der Waals surface area contributed by atoms with Crippen molar-refractivity contribution in [3.8, 4) is 0 Å². The molecule has 2 unspecified atom stereocenters. The van der Waals surface area contributed by atoms with Crippen molar-refractivity contribution in [1.82, 2.24) is 10.6 Å². The molecule has 1 aromatic rings. The summed E-state index contributed by atoms with van der Waals surface area (Å²) in [6, 6.07) is 3.39. The van der Waals surface area contributed by atoms with E-state index in [9.17, 15) is 27.7 Å². The minimum absolute atomic E-state index is 0.0133. The van der Waals surface area contributed by atoms with Crippen LogP contribution in [0.1, 0.15) is 50.5 Å². The Morgan fingerprint density at radius 3 is 2.25 bits per heavy atom. The smallest absolute Gasteiger partial charge is 0.407 e. The van der Waals surface area contributed by atoms with Crippen LogP contribution in [0.4, 0.5) is 4.79 Å². The van der Waals surface area contributed by atoms with Crippen molar-refractivity contribution >= 4 is 22.2 Å². The highest BCUT2D eigenvalue weighted by Crippen LogP contribution is 2.11. The molecule has 14 nitrogen and oxygen atoms in total. The number of amides is 1. The first kappa shape index (κ1) is 35.8. The molecule has 0 spiro atoms. The van der Waals surface area contributed by atoms with Gasteiger partial charge in [0.05, 0.1) is 29.9 Å². The average Bonchev–Trinajstić information content (AvgIpc) is 3.33. The topological polar surface area (TPSA) is 195 Å². The van der Waals surface area contributed by atoms with Gasteiger partial charge in [-0.25, -0.2) is 13.2 Å². The van der Waals surface area contributed by atoms with Gasteiger partial charge < -0.3 is 48.4 Å². The summed E-state index contributed by atoms with van der Waals surface area (Å²) in [6.45, 7) is 2.85. The van der Waals surface area contributed by atoms with E-state index < -0.39 is 40.1 Å². The van der Waals surface area contributed by atoms with Gasteiger partial charge >= 0.3 is 12.1 Å². The summed E-state index contributed by atoms with van der Waals surface area (Å²) >= 11 is 0. The molecule has 0 aliphatic carbocycles. The molecule has 0 radical (unpaired) electrons. The van der Waals surface area contributed by atoms with Gasteiger partial charge in [0, 0.05) is 25.8 Å². The standard InChI is InChI=1S/C25H44N2O12S/c1-20(28)37-15-21(29)14-35-16-22-8-9-23(38-22)17-36-19-24(18-34-12-6-7-13-40(31,32)33)39-25(30)27-11-5-3-4-10-26-2/h8-9,21,24,26,29H,3-7,10-19H2,1-2H3,(H,27,30)(H,31,32,33)/p-1. The minimum Gasteiger partial charge on any atom is -0.748 e. The Morgan fingerprint density at radius 1 is 0.950 bits per heavy atom. The molecule has 0 aliphatic rings. The van der Waals surface area contributed by atoms with Crippen LogP contribution in [0, 0.1) is 0 Å². The third kappa shape index (κ3) is 20.6. The normalized spacial score (nSPS) is 13.1. The van der Waals surface area contributed by atoms with E-state index in [1.54, 1.807) is 12.1 Å². The summed E-state index contributed by atoms with van der Waals surface area (Å²) in [6.07, 6.45) is 1.04. The van der Waals surface area contributed by atoms with Crippen molar-refractivity contribution in [2.75, 3.05) is 58.9 Å². The van der Waals surface area contributed by atoms with Crippen molar-refractivity contribution in [3.05, 3.63) is 23.7 Å². The van der Waals surface area contributed by atoms with Gasteiger partial charge in [0.1, 0.15) is 37.4 Å². The summed E-state index contributed by atoms with van der Waals surface area (Å²) < 4.78 is 64.3. The van der Waals surface area contributed by atoms with E-state index in [2.05, 4.69) is 10.6 Å². The molecule has 2 atom stereocenters. The molecule has 1 rings (SSSR count). The number of unbranched alkanes of at least 4 members (excludes halogenated alkanes) is 3. The van der Waals surface area contributed by atoms with E-state index in [1.807, 2.05) is 7.05 Å². The third-order valence-corrected chi connectivity index (χ3v) is 5.97. The SMILES string of the molecule is CNCCCCCNC(=O)OC(COCCCCS(=O)(=O)[O-])COCc1ccc(COCC(O)COC(C)=O)o1. The zero-order valence-corrected chi connectivity index (χ0v) is 24.1. The molecule has 40 heavy (non-hydrogen) atoms. The van der Waals surface area contributed by atoms with Crippen LogP contribution in [0.25, 0.3) is 0 Å². The molecule has 1 amide bonds. The van der Waals surface area contributed by atoms with Gasteiger partial charge in [0.25, 0.3) is 0 Å².